The van der Waals surface area contributed by atoms with Gasteiger partial charge in [0.1, 0.15) is 0 Å². The summed E-state index contributed by atoms with van der Waals surface area (Å²) in [6.07, 6.45) is -1.97. The number of nitrogen functional groups attached to an aromatic ring is 1. The zero-order valence-electron chi connectivity index (χ0n) is 10.0. The van der Waals surface area contributed by atoms with E-state index < -0.39 is 12.1 Å². The minimum Gasteiger partial charge on any atom is -0.404 e. The number of hydrogen-bond acceptors (Lipinski definition) is 4. The van der Waals surface area contributed by atoms with Gasteiger partial charge in [-0.05, 0) is 30.3 Å². The molecule has 104 valence electrons. The summed E-state index contributed by atoms with van der Waals surface area (Å²) >= 11 is 0. The van der Waals surface area contributed by atoms with Crippen LogP contribution in [0.3, 0.4) is 0 Å². The molecule has 0 radical (unpaired) electrons. The number of pyridine rings is 1. The second-order valence-electron chi connectivity index (χ2n) is 3.87. The number of halogens is 3. The highest BCUT2D eigenvalue weighted by Crippen LogP contribution is 2.29. The second kappa shape index (κ2) is 5.20. The number of aromatic nitrogens is 1. The van der Waals surface area contributed by atoms with Gasteiger partial charge in [-0.2, -0.15) is 0 Å². The second-order valence-corrected chi connectivity index (χ2v) is 3.87. The maximum absolute atomic E-state index is 12.1. The molecule has 2 rings (SSSR count). The molecule has 1 aromatic carbocycles. The van der Waals surface area contributed by atoms with Gasteiger partial charge in [0.2, 0.25) is 0 Å². The zero-order chi connectivity index (χ0) is 14.8. The van der Waals surface area contributed by atoms with Crippen LogP contribution in [-0.2, 0) is 0 Å². The van der Waals surface area contributed by atoms with E-state index in [1.54, 1.807) is 12.1 Å². The van der Waals surface area contributed by atoms with Gasteiger partial charge in [-0.1, -0.05) is 0 Å². The normalized spacial score (nSPS) is 11.2. The Kier molecular flexibility index (Phi) is 3.60. The first-order valence-corrected chi connectivity index (χ1v) is 5.47. The Labute approximate surface area is 112 Å². The van der Waals surface area contributed by atoms with Gasteiger partial charge in [-0.15, -0.1) is 13.2 Å². The molecule has 0 spiro atoms. The Morgan fingerprint density at radius 1 is 1.20 bits per heavy atom. The molecular formula is C13H9F3N2O2. The van der Waals surface area contributed by atoms with Gasteiger partial charge in [-0.25, -0.2) is 0 Å². The molecule has 0 aliphatic heterocycles. The molecule has 0 saturated carbocycles. The molecular weight excluding hydrogens is 273 g/mol. The number of nitrogens with two attached hydrogens (primary N) is 1. The molecule has 20 heavy (non-hydrogen) atoms. The number of anilines is 1. The van der Waals surface area contributed by atoms with Gasteiger partial charge in [0.25, 0.3) is 0 Å². The molecule has 2 aromatic rings. The molecule has 0 saturated heterocycles. The van der Waals surface area contributed by atoms with E-state index in [-0.39, 0.29) is 17.0 Å². The van der Waals surface area contributed by atoms with E-state index >= 15 is 0 Å². The van der Waals surface area contributed by atoms with Crippen molar-refractivity contribution in [1.82, 2.24) is 4.98 Å². The van der Waals surface area contributed by atoms with Gasteiger partial charge >= 0.3 is 6.36 Å². The Bertz CT molecular complexity index is 627. The van der Waals surface area contributed by atoms with Crippen molar-refractivity contribution in [1.29, 1.82) is 0 Å². The van der Waals surface area contributed by atoms with E-state index in [9.17, 15) is 18.0 Å². The molecule has 0 aliphatic carbocycles. The van der Waals surface area contributed by atoms with Crippen molar-refractivity contribution in [2.24, 2.45) is 0 Å². The average Bonchev–Trinajstić information content (AvgIpc) is 2.40. The summed E-state index contributed by atoms with van der Waals surface area (Å²) in [7, 11) is 0. The number of rotatable bonds is 3. The van der Waals surface area contributed by atoms with E-state index in [2.05, 4.69) is 9.72 Å². The molecule has 1 aromatic heterocycles. The van der Waals surface area contributed by atoms with Crippen LogP contribution in [0.15, 0.2) is 42.7 Å². The third kappa shape index (κ3) is 3.25. The van der Waals surface area contributed by atoms with Gasteiger partial charge in [0.15, 0.2) is 11.5 Å². The molecule has 7 heteroatoms. The van der Waals surface area contributed by atoms with Gasteiger partial charge in [-0.3, -0.25) is 9.78 Å². The van der Waals surface area contributed by atoms with Crippen molar-refractivity contribution in [2.45, 2.75) is 6.36 Å². The van der Waals surface area contributed by atoms with Crippen molar-refractivity contribution in [3.63, 3.8) is 0 Å². The SMILES string of the molecule is Nc1cc(C(=O)c2cccnc2)ccc1OC(F)(F)F. The van der Waals surface area contributed by atoms with Crippen LogP contribution >= 0.6 is 0 Å². The van der Waals surface area contributed by atoms with Crippen molar-refractivity contribution >= 4 is 11.5 Å². The fraction of sp³-hybridized carbons (Fsp3) is 0.0769. The van der Waals surface area contributed by atoms with E-state index in [0.29, 0.717) is 5.56 Å². The third-order valence-electron chi connectivity index (χ3n) is 2.42. The van der Waals surface area contributed by atoms with Crippen molar-refractivity contribution in [3.8, 4) is 5.75 Å². The summed E-state index contributed by atoms with van der Waals surface area (Å²) in [6.45, 7) is 0. The van der Waals surface area contributed by atoms with E-state index in [0.717, 1.165) is 12.1 Å². The lowest BCUT2D eigenvalue weighted by atomic mass is 10.0. The predicted molar refractivity (Wildman–Crippen MR) is 65.2 cm³/mol. The lowest BCUT2D eigenvalue weighted by Crippen LogP contribution is -2.18. The molecule has 0 unspecified atom stereocenters. The summed E-state index contributed by atoms with van der Waals surface area (Å²) in [5.74, 6) is -0.927. The van der Waals surface area contributed by atoms with E-state index in [1.807, 2.05) is 0 Å². The van der Waals surface area contributed by atoms with Gasteiger partial charge in [0, 0.05) is 23.5 Å². The van der Waals surface area contributed by atoms with E-state index in [1.165, 1.54) is 18.5 Å². The number of ketones is 1. The smallest absolute Gasteiger partial charge is 0.404 e. The quantitative estimate of drug-likeness (QED) is 0.694. The average molecular weight is 282 g/mol. The topological polar surface area (TPSA) is 65.2 Å². The summed E-state index contributed by atoms with van der Waals surface area (Å²) < 4.78 is 40.0. The number of nitrogens with zero attached hydrogens (tertiary/aromatic N) is 1. The van der Waals surface area contributed by atoms with Crippen LogP contribution in [0.1, 0.15) is 15.9 Å². The lowest BCUT2D eigenvalue weighted by Gasteiger charge is -2.11. The lowest BCUT2D eigenvalue weighted by molar-refractivity contribution is -0.274. The van der Waals surface area contributed by atoms with Crippen LogP contribution in [0.5, 0.6) is 5.75 Å². The summed E-state index contributed by atoms with van der Waals surface area (Å²) in [5, 5.41) is 0. The van der Waals surface area contributed by atoms with Crippen LogP contribution in [0, 0.1) is 0 Å². The molecule has 0 bridgehead atoms. The molecule has 0 amide bonds. The Morgan fingerprint density at radius 2 is 1.95 bits per heavy atom. The fourth-order valence-corrected chi connectivity index (χ4v) is 1.57. The Morgan fingerprint density at radius 3 is 2.50 bits per heavy atom. The number of alkyl halides is 3. The molecule has 2 N–H and O–H groups in total. The fourth-order valence-electron chi connectivity index (χ4n) is 1.57. The first-order chi connectivity index (χ1) is 9.37. The Hall–Kier alpha value is -2.57. The number of benzene rings is 1. The number of carbonyl (C=O) groups is 1. The molecule has 1 heterocycles. The standard InChI is InChI=1S/C13H9F3N2O2/c14-13(15,16)20-11-4-3-8(6-10(11)17)12(19)9-2-1-5-18-7-9/h1-7H,17H2. The third-order valence-corrected chi connectivity index (χ3v) is 2.42. The summed E-state index contributed by atoms with van der Waals surface area (Å²) in [5.41, 5.74) is 5.66. The number of ether oxygens (including phenoxy) is 1. The summed E-state index contributed by atoms with van der Waals surface area (Å²) in [6, 6.07) is 6.49. The van der Waals surface area contributed by atoms with Crippen molar-refractivity contribution < 1.29 is 22.7 Å². The molecule has 0 aliphatic rings. The molecule has 0 atom stereocenters. The summed E-state index contributed by atoms with van der Waals surface area (Å²) in [4.78, 5) is 15.8. The van der Waals surface area contributed by atoms with Crippen LogP contribution in [0.4, 0.5) is 18.9 Å². The molecule has 4 nitrogen and oxygen atoms in total. The Balaban J connectivity index is 2.28. The van der Waals surface area contributed by atoms with Gasteiger partial charge in [0.05, 0.1) is 5.69 Å². The van der Waals surface area contributed by atoms with Crippen LogP contribution in [-0.4, -0.2) is 17.1 Å². The highest BCUT2D eigenvalue weighted by Gasteiger charge is 2.32. The minimum absolute atomic E-state index is 0.157. The van der Waals surface area contributed by atoms with Crippen LogP contribution in [0.2, 0.25) is 0 Å². The van der Waals surface area contributed by atoms with Crippen molar-refractivity contribution in [3.05, 3.63) is 53.9 Å². The number of hydrogen-bond donors (Lipinski definition) is 1. The minimum atomic E-state index is -4.83. The van der Waals surface area contributed by atoms with Crippen molar-refractivity contribution in [2.75, 3.05) is 5.73 Å². The molecule has 0 fully saturated rings. The van der Waals surface area contributed by atoms with Crippen LogP contribution in [0.25, 0.3) is 0 Å². The maximum atomic E-state index is 12.1. The highest BCUT2D eigenvalue weighted by atomic mass is 19.4. The monoisotopic (exact) mass is 282 g/mol. The van der Waals surface area contributed by atoms with Crippen LogP contribution < -0.4 is 10.5 Å². The van der Waals surface area contributed by atoms with Gasteiger partial charge < -0.3 is 10.5 Å². The maximum Gasteiger partial charge on any atom is 0.573 e. The van der Waals surface area contributed by atoms with E-state index in [4.69, 9.17) is 5.73 Å². The highest BCUT2D eigenvalue weighted by molar-refractivity contribution is 6.09. The predicted octanol–water partition coefficient (Wildman–Crippen LogP) is 2.79. The first kappa shape index (κ1) is 13.9. The zero-order valence-corrected chi connectivity index (χ0v) is 10.0. The number of carbonyl (C=O) groups excluding carboxylic acids is 1. The largest absolute Gasteiger partial charge is 0.573 e. The first-order valence-electron chi connectivity index (χ1n) is 5.47.